The highest BCUT2D eigenvalue weighted by Crippen LogP contribution is 2.29. The molecule has 0 bridgehead atoms. The maximum atomic E-state index is 12.5. The average molecular weight is 286 g/mol. The van der Waals surface area contributed by atoms with Crippen LogP contribution in [-0.4, -0.2) is 19.8 Å². The second-order valence-corrected chi connectivity index (χ2v) is 4.33. The van der Waals surface area contributed by atoms with E-state index < -0.39 is 11.7 Å². The third-order valence-corrected chi connectivity index (χ3v) is 2.60. The van der Waals surface area contributed by atoms with Gasteiger partial charge < -0.3 is 5.73 Å². The van der Waals surface area contributed by atoms with Crippen LogP contribution in [0.1, 0.15) is 16.8 Å². The Labute approximate surface area is 112 Å². The number of nitrogens with two attached hydrogens (primary N) is 1. The normalized spacial score (nSPS) is 11.6. The zero-order chi connectivity index (χ0) is 14.2. The zero-order valence-corrected chi connectivity index (χ0v) is 10.6. The first-order valence-corrected chi connectivity index (χ1v) is 5.59. The fourth-order valence-corrected chi connectivity index (χ4v) is 1.62. The maximum absolute atomic E-state index is 12.5. The number of hydrogen-bond acceptors (Lipinski definition) is 3. The smallest absolute Gasteiger partial charge is 0.389 e. The predicted molar refractivity (Wildman–Crippen MR) is 67.0 cm³/mol. The number of aryl methyl sites for hydroxylation is 1. The first-order valence-electron chi connectivity index (χ1n) is 5.18. The highest BCUT2D eigenvalue weighted by Gasteiger charge is 2.32. The summed E-state index contributed by atoms with van der Waals surface area (Å²) in [6, 6.07) is 3.14. The number of alkyl halides is 3. The van der Waals surface area contributed by atoms with E-state index in [1.54, 1.807) is 13.0 Å². The average Bonchev–Trinajstić information content (AvgIpc) is 2.76. The lowest BCUT2D eigenvalue weighted by atomic mass is 10.2. The van der Waals surface area contributed by atoms with Gasteiger partial charge >= 0.3 is 6.18 Å². The van der Waals surface area contributed by atoms with Gasteiger partial charge in [0.15, 0.2) is 5.82 Å². The molecule has 19 heavy (non-hydrogen) atoms. The van der Waals surface area contributed by atoms with E-state index in [1.165, 1.54) is 6.07 Å². The molecule has 2 aromatic heterocycles. The van der Waals surface area contributed by atoms with E-state index in [0.29, 0.717) is 11.3 Å². The lowest BCUT2D eigenvalue weighted by molar-refractivity contribution is -0.137. The Bertz CT molecular complexity index is 633. The van der Waals surface area contributed by atoms with Crippen molar-refractivity contribution in [3.63, 3.8) is 0 Å². The third-order valence-electron chi connectivity index (χ3n) is 2.37. The van der Waals surface area contributed by atoms with Gasteiger partial charge in [-0.25, -0.2) is 9.67 Å². The number of nitrogens with zero attached hydrogens (tertiary/aromatic N) is 3. The second kappa shape index (κ2) is 4.61. The lowest BCUT2D eigenvalue weighted by Crippen LogP contribution is -2.12. The molecule has 0 radical (unpaired) electrons. The van der Waals surface area contributed by atoms with Crippen LogP contribution in [-0.2, 0) is 6.18 Å². The van der Waals surface area contributed by atoms with Crippen molar-refractivity contribution < 1.29 is 13.2 Å². The molecule has 0 aliphatic heterocycles. The molecule has 0 unspecified atom stereocenters. The standard InChI is InChI=1S/C11H9F3N4S/c1-6-2-7(10(15)19)3-9(17-6)18-5-8(4-16-18)11(12,13)14/h2-5H,1H3,(H2,15,19). The van der Waals surface area contributed by atoms with Crippen LogP contribution in [0.2, 0.25) is 0 Å². The largest absolute Gasteiger partial charge is 0.419 e. The minimum absolute atomic E-state index is 0.148. The highest BCUT2D eigenvalue weighted by molar-refractivity contribution is 7.80. The summed E-state index contributed by atoms with van der Waals surface area (Å²) >= 11 is 4.84. The summed E-state index contributed by atoms with van der Waals surface area (Å²) < 4.78 is 38.5. The molecule has 2 heterocycles. The first kappa shape index (κ1) is 13.5. The molecule has 0 spiro atoms. The third kappa shape index (κ3) is 2.90. The van der Waals surface area contributed by atoms with Crippen LogP contribution in [0.15, 0.2) is 24.5 Å². The summed E-state index contributed by atoms with van der Waals surface area (Å²) in [7, 11) is 0. The van der Waals surface area contributed by atoms with Crippen molar-refractivity contribution in [2.75, 3.05) is 0 Å². The Morgan fingerprint density at radius 3 is 2.58 bits per heavy atom. The molecule has 0 fully saturated rings. The van der Waals surface area contributed by atoms with Crippen LogP contribution in [0, 0.1) is 6.92 Å². The summed E-state index contributed by atoms with van der Waals surface area (Å²) in [6.45, 7) is 1.69. The topological polar surface area (TPSA) is 56.7 Å². The Hall–Kier alpha value is -1.96. The molecule has 2 N–H and O–H groups in total. The van der Waals surface area contributed by atoms with Crippen molar-refractivity contribution in [3.05, 3.63) is 41.3 Å². The maximum Gasteiger partial charge on any atom is 0.419 e. The van der Waals surface area contributed by atoms with Gasteiger partial charge in [0.2, 0.25) is 0 Å². The van der Waals surface area contributed by atoms with E-state index >= 15 is 0 Å². The summed E-state index contributed by atoms with van der Waals surface area (Å²) in [6.07, 6.45) is -2.83. The summed E-state index contributed by atoms with van der Waals surface area (Å²) in [4.78, 5) is 4.25. The minimum Gasteiger partial charge on any atom is -0.389 e. The number of hydrogen-bond donors (Lipinski definition) is 1. The van der Waals surface area contributed by atoms with E-state index in [2.05, 4.69) is 10.1 Å². The van der Waals surface area contributed by atoms with Crippen LogP contribution in [0.3, 0.4) is 0 Å². The van der Waals surface area contributed by atoms with Crippen LogP contribution in [0.25, 0.3) is 5.82 Å². The SMILES string of the molecule is Cc1cc(C(N)=S)cc(-n2cc(C(F)(F)F)cn2)n1. The van der Waals surface area contributed by atoms with Crippen LogP contribution in [0.4, 0.5) is 13.2 Å². The van der Waals surface area contributed by atoms with Gasteiger partial charge in [0.05, 0.1) is 11.8 Å². The van der Waals surface area contributed by atoms with Crippen molar-refractivity contribution in [1.82, 2.24) is 14.8 Å². The number of halogens is 3. The molecule has 0 aliphatic carbocycles. The van der Waals surface area contributed by atoms with E-state index in [9.17, 15) is 13.2 Å². The van der Waals surface area contributed by atoms with Crippen molar-refractivity contribution in [1.29, 1.82) is 0 Å². The number of aromatic nitrogens is 3. The number of rotatable bonds is 2. The van der Waals surface area contributed by atoms with Crippen molar-refractivity contribution in [3.8, 4) is 5.82 Å². The lowest BCUT2D eigenvalue weighted by Gasteiger charge is -2.06. The Balaban J connectivity index is 2.47. The Kier molecular flexibility index (Phi) is 3.27. The molecule has 100 valence electrons. The van der Waals surface area contributed by atoms with Crippen molar-refractivity contribution in [2.24, 2.45) is 5.73 Å². The molecular weight excluding hydrogens is 277 g/mol. The van der Waals surface area contributed by atoms with Gasteiger partial charge in [0.25, 0.3) is 0 Å². The molecule has 0 amide bonds. The van der Waals surface area contributed by atoms with E-state index in [0.717, 1.165) is 17.1 Å². The fraction of sp³-hybridized carbons (Fsp3) is 0.182. The van der Waals surface area contributed by atoms with E-state index in [4.69, 9.17) is 18.0 Å². The minimum atomic E-state index is -4.44. The quantitative estimate of drug-likeness (QED) is 0.860. The van der Waals surface area contributed by atoms with Gasteiger partial charge in [-0.2, -0.15) is 18.3 Å². The molecule has 0 saturated heterocycles. The number of thiocarbonyl (C=S) groups is 1. The van der Waals surface area contributed by atoms with Crippen LogP contribution in [0.5, 0.6) is 0 Å². The fourth-order valence-electron chi connectivity index (χ4n) is 1.51. The predicted octanol–water partition coefficient (Wildman–Crippen LogP) is 2.23. The van der Waals surface area contributed by atoms with Gasteiger partial charge in [-0.15, -0.1) is 0 Å². The van der Waals surface area contributed by atoms with Gasteiger partial charge in [-0.1, -0.05) is 12.2 Å². The van der Waals surface area contributed by atoms with Gasteiger partial charge in [-0.05, 0) is 19.1 Å². The van der Waals surface area contributed by atoms with Crippen molar-refractivity contribution >= 4 is 17.2 Å². The molecule has 4 nitrogen and oxygen atoms in total. The molecule has 0 saturated carbocycles. The molecule has 2 aromatic rings. The van der Waals surface area contributed by atoms with Gasteiger partial charge in [-0.3, -0.25) is 0 Å². The van der Waals surface area contributed by atoms with Gasteiger partial charge in [0.1, 0.15) is 4.99 Å². The summed E-state index contributed by atoms with van der Waals surface area (Å²) in [5.41, 5.74) is 5.77. The van der Waals surface area contributed by atoms with E-state index in [1.807, 2.05) is 0 Å². The molecular formula is C11H9F3N4S. The molecule has 0 atom stereocenters. The monoisotopic (exact) mass is 286 g/mol. The Morgan fingerprint density at radius 2 is 2.05 bits per heavy atom. The summed E-state index contributed by atoms with van der Waals surface area (Å²) in [5, 5.41) is 3.64. The van der Waals surface area contributed by atoms with Crippen LogP contribution >= 0.6 is 12.2 Å². The van der Waals surface area contributed by atoms with Crippen molar-refractivity contribution in [2.45, 2.75) is 13.1 Å². The van der Waals surface area contributed by atoms with Crippen LogP contribution < -0.4 is 5.73 Å². The first-order chi connectivity index (χ1) is 8.77. The molecule has 8 heteroatoms. The molecule has 0 aromatic carbocycles. The molecule has 0 aliphatic rings. The zero-order valence-electron chi connectivity index (χ0n) is 9.77. The highest BCUT2D eigenvalue weighted by atomic mass is 32.1. The van der Waals surface area contributed by atoms with E-state index in [-0.39, 0.29) is 10.8 Å². The summed E-state index contributed by atoms with van der Waals surface area (Å²) in [5.74, 6) is 0.235. The Morgan fingerprint density at radius 1 is 1.37 bits per heavy atom. The van der Waals surface area contributed by atoms with Gasteiger partial charge in [0, 0.05) is 17.5 Å². The second-order valence-electron chi connectivity index (χ2n) is 3.89. The number of pyridine rings is 1. The molecule has 2 rings (SSSR count).